The highest BCUT2D eigenvalue weighted by atomic mass is 16.5. The average molecular weight is 267 g/mol. The molecule has 112 valence electrons. The molecule has 0 N–H and O–H groups in total. The van der Waals surface area contributed by atoms with Crippen molar-refractivity contribution in [3.63, 3.8) is 0 Å². The molecule has 19 heavy (non-hydrogen) atoms. The smallest absolute Gasteiger partial charge is 0.0603 e. The number of nitrogens with zero attached hydrogens (tertiary/aromatic N) is 1. The molecule has 0 aromatic heterocycles. The first-order chi connectivity index (χ1) is 9.17. The van der Waals surface area contributed by atoms with E-state index in [9.17, 15) is 0 Å². The topological polar surface area (TPSA) is 12.5 Å². The summed E-state index contributed by atoms with van der Waals surface area (Å²) in [5.74, 6) is 2.01. The van der Waals surface area contributed by atoms with Gasteiger partial charge < -0.3 is 9.64 Å². The Morgan fingerprint density at radius 1 is 0.947 bits per heavy atom. The van der Waals surface area contributed by atoms with E-state index in [1.165, 1.54) is 64.6 Å². The van der Waals surface area contributed by atoms with E-state index in [4.69, 9.17) is 4.74 Å². The van der Waals surface area contributed by atoms with Crippen LogP contribution in [-0.2, 0) is 4.74 Å². The van der Waals surface area contributed by atoms with Gasteiger partial charge in [0, 0.05) is 19.6 Å². The number of rotatable bonds is 5. The standard InChI is InChI=1S/C17H33NO/c1-4-15-5-7-16(8-6-15)13-18-11-9-17(10-12-18)19-14(2)3/h14-17H,4-13H2,1-3H3. The van der Waals surface area contributed by atoms with Gasteiger partial charge in [0.1, 0.15) is 0 Å². The highest BCUT2D eigenvalue weighted by Crippen LogP contribution is 2.31. The minimum Gasteiger partial charge on any atom is -0.375 e. The largest absolute Gasteiger partial charge is 0.375 e. The van der Waals surface area contributed by atoms with Gasteiger partial charge in [-0.2, -0.15) is 0 Å². The van der Waals surface area contributed by atoms with Crippen LogP contribution >= 0.6 is 0 Å². The average Bonchev–Trinajstić information content (AvgIpc) is 2.41. The molecule has 0 unspecified atom stereocenters. The normalized spacial score (nSPS) is 30.9. The monoisotopic (exact) mass is 267 g/mol. The lowest BCUT2D eigenvalue weighted by atomic mass is 9.80. The van der Waals surface area contributed by atoms with E-state index < -0.39 is 0 Å². The molecule has 0 aromatic carbocycles. The van der Waals surface area contributed by atoms with Crippen molar-refractivity contribution in [2.24, 2.45) is 11.8 Å². The van der Waals surface area contributed by atoms with Crippen molar-refractivity contribution in [3.8, 4) is 0 Å². The van der Waals surface area contributed by atoms with Crippen LogP contribution in [0.5, 0.6) is 0 Å². The Balaban J connectivity index is 1.63. The molecule has 0 radical (unpaired) electrons. The summed E-state index contributed by atoms with van der Waals surface area (Å²) >= 11 is 0. The van der Waals surface area contributed by atoms with Crippen LogP contribution in [0, 0.1) is 11.8 Å². The Morgan fingerprint density at radius 3 is 2.05 bits per heavy atom. The zero-order chi connectivity index (χ0) is 13.7. The van der Waals surface area contributed by atoms with Crippen LogP contribution in [0.15, 0.2) is 0 Å². The second-order valence-electron chi connectivity index (χ2n) is 6.98. The molecule has 2 aliphatic rings. The van der Waals surface area contributed by atoms with E-state index in [-0.39, 0.29) is 0 Å². The van der Waals surface area contributed by atoms with Gasteiger partial charge in [0.25, 0.3) is 0 Å². The Kier molecular flexibility index (Phi) is 6.15. The van der Waals surface area contributed by atoms with E-state index in [2.05, 4.69) is 25.7 Å². The van der Waals surface area contributed by atoms with Crippen molar-refractivity contribution >= 4 is 0 Å². The molecular formula is C17H33NO. The molecule has 1 aliphatic heterocycles. The summed E-state index contributed by atoms with van der Waals surface area (Å²) in [6.45, 7) is 10.5. The molecule has 2 fully saturated rings. The fraction of sp³-hybridized carbons (Fsp3) is 1.00. The molecule has 0 amide bonds. The van der Waals surface area contributed by atoms with E-state index in [1.807, 2.05) is 0 Å². The van der Waals surface area contributed by atoms with Gasteiger partial charge in [-0.3, -0.25) is 0 Å². The zero-order valence-corrected chi connectivity index (χ0v) is 13.2. The van der Waals surface area contributed by atoms with E-state index in [0.717, 1.165) is 11.8 Å². The maximum absolute atomic E-state index is 5.93. The quantitative estimate of drug-likeness (QED) is 0.744. The number of hydrogen-bond acceptors (Lipinski definition) is 2. The SMILES string of the molecule is CCC1CCC(CN2CCC(OC(C)C)CC2)CC1. The van der Waals surface area contributed by atoms with Crippen LogP contribution in [0.1, 0.15) is 65.7 Å². The van der Waals surface area contributed by atoms with Crippen LogP contribution in [0.3, 0.4) is 0 Å². The minimum absolute atomic E-state index is 0.390. The molecule has 1 heterocycles. The van der Waals surface area contributed by atoms with Gasteiger partial charge in [0.2, 0.25) is 0 Å². The van der Waals surface area contributed by atoms with Gasteiger partial charge in [-0.1, -0.05) is 26.2 Å². The van der Waals surface area contributed by atoms with Gasteiger partial charge in [0.15, 0.2) is 0 Å². The Labute approximate surface area is 119 Å². The van der Waals surface area contributed by atoms with Crippen molar-refractivity contribution in [2.75, 3.05) is 19.6 Å². The summed E-state index contributed by atoms with van der Waals surface area (Å²) in [4.78, 5) is 2.69. The molecule has 1 saturated heterocycles. The van der Waals surface area contributed by atoms with E-state index >= 15 is 0 Å². The van der Waals surface area contributed by atoms with Crippen LogP contribution in [0.4, 0.5) is 0 Å². The Hall–Kier alpha value is -0.0800. The lowest BCUT2D eigenvalue weighted by Crippen LogP contribution is -2.40. The molecule has 2 heteroatoms. The van der Waals surface area contributed by atoms with Crippen LogP contribution < -0.4 is 0 Å². The van der Waals surface area contributed by atoms with Gasteiger partial charge in [-0.25, -0.2) is 0 Å². The predicted octanol–water partition coefficient (Wildman–Crippen LogP) is 4.09. The second kappa shape index (κ2) is 7.64. The van der Waals surface area contributed by atoms with Crippen molar-refractivity contribution in [2.45, 2.75) is 77.9 Å². The fourth-order valence-corrected chi connectivity index (χ4v) is 3.80. The summed E-state index contributed by atoms with van der Waals surface area (Å²) in [6, 6.07) is 0. The van der Waals surface area contributed by atoms with Crippen molar-refractivity contribution in [1.82, 2.24) is 4.90 Å². The summed E-state index contributed by atoms with van der Waals surface area (Å²) in [5.41, 5.74) is 0. The van der Waals surface area contributed by atoms with Crippen LogP contribution in [0.2, 0.25) is 0 Å². The molecule has 2 rings (SSSR count). The molecule has 1 saturated carbocycles. The summed E-state index contributed by atoms with van der Waals surface area (Å²) in [6.07, 6.45) is 10.7. The van der Waals surface area contributed by atoms with Crippen molar-refractivity contribution in [3.05, 3.63) is 0 Å². The van der Waals surface area contributed by atoms with E-state index in [1.54, 1.807) is 0 Å². The minimum atomic E-state index is 0.390. The fourth-order valence-electron chi connectivity index (χ4n) is 3.80. The lowest BCUT2D eigenvalue weighted by molar-refractivity contribution is -0.0295. The maximum Gasteiger partial charge on any atom is 0.0603 e. The highest BCUT2D eigenvalue weighted by Gasteiger charge is 2.25. The first kappa shape index (κ1) is 15.3. The summed E-state index contributed by atoms with van der Waals surface area (Å²) < 4.78 is 5.93. The van der Waals surface area contributed by atoms with E-state index in [0.29, 0.717) is 12.2 Å². The Morgan fingerprint density at radius 2 is 1.53 bits per heavy atom. The number of hydrogen-bond donors (Lipinski definition) is 0. The molecule has 2 nitrogen and oxygen atoms in total. The number of ether oxygens (including phenoxy) is 1. The highest BCUT2D eigenvalue weighted by molar-refractivity contribution is 4.78. The number of likely N-dealkylation sites (tertiary alicyclic amines) is 1. The van der Waals surface area contributed by atoms with Gasteiger partial charge in [-0.05, 0) is 51.4 Å². The first-order valence-corrected chi connectivity index (χ1v) is 8.55. The van der Waals surface area contributed by atoms with Gasteiger partial charge in [0.05, 0.1) is 12.2 Å². The van der Waals surface area contributed by atoms with Gasteiger partial charge in [-0.15, -0.1) is 0 Å². The summed E-state index contributed by atoms with van der Waals surface area (Å²) in [5, 5.41) is 0. The van der Waals surface area contributed by atoms with Crippen LogP contribution in [-0.4, -0.2) is 36.7 Å². The molecule has 0 bridgehead atoms. The predicted molar refractivity (Wildman–Crippen MR) is 81.4 cm³/mol. The second-order valence-corrected chi connectivity index (χ2v) is 6.98. The first-order valence-electron chi connectivity index (χ1n) is 8.55. The zero-order valence-electron chi connectivity index (χ0n) is 13.2. The van der Waals surface area contributed by atoms with Crippen molar-refractivity contribution in [1.29, 1.82) is 0 Å². The molecule has 1 aliphatic carbocycles. The number of piperidine rings is 1. The third-order valence-corrected chi connectivity index (χ3v) is 5.06. The Bertz CT molecular complexity index is 238. The third-order valence-electron chi connectivity index (χ3n) is 5.06. The molecule has 0 atom stereocenters. The lowest BCUT2D eigenvalue weighted by Gasteiger charge is -2.36. The van der Waals surface area contributed by atoms with Crippen LogP contribution in [0.25, 0.3) is 0 Å². The third kappa shape index (κ3) is 5.07. The maximum atomic E-state index is 5.93. The summed E-state index contributed by atoms with van der Waals surface area (Å²) in [7, 11) is 0. The molecular weight excluding hydrogens is 234 g/mol. The molecule has 0 aromatic rings. The molecule has 0 spiro atoms. The van der Waals surface area contributed by atoms with Gasteiger partial charge >= 0.3 is 0 Å². The van der Waals surface area contributed by atoms with Crippen molar-refractivity contribution < 1.29 is 4.74 Å².